The maximum Gasteiger partial charge on any atom is 0.238 e. The third kappa shape index (κ3) is 3.81. The predicted molar refractivity (Wildman–Crippen MR) is 93.6 cm³/mol. The minimum atomic E-state index is -0.499. The molecule has 2 nitrogen and oxygen atoms in total. The van der Waals surface area contributed by atoms with Gasteiger partial charge in [0.1, 0.15) is 14.2 Å². The van der Waals surface area contributed by atoms with Crippen LogP contribution in [0.5, 0.6) is 0 Å². The first kappa shape index (κ1) is 17.2. The molecule has 0 fully saturated rings. The van der Waals surface area contributed by atoms with Gasteiger partial charge in [-0.15, -0.1) is 19.8 Å². The molecule has 3 atom stereocenters. The van der Waals surface area contributed by atoms with Gasteiger partial charge in [0.25, 0.3) is 0 Å². The second-order valence-electron chi connectivity index (χ2n) is 6.14. The Bertz CT molecular complexity index is 401. The molecule has 3 unspecified atom stereocenters. The Labute approximate surface area is 125 Å². The summed E-state index contributed by atoms with van der Waals surface area (Å²) in [5.74, 6) is 3.61. The number of rotatable bonds is 5. The molecule has 0 aromatic carbocycles. The van der Waals surface area contributed by atoms with Crippen LogP contribution in [0.1, 0.15) is 27.2 Å². The third-order valence-corrected chi connectivity index (χ3v) is 6.80. The molecule has 5 heteroatoms. The summed E-state index contributed by atoms with van der Waals surface area (Å²) >= 11 is 6.29. The largest absolute Gasteiger partial charge is 0.475 e. The van der Waals surface area contributed by atoms with Gasteiger partial charge in [-0.2, -0.15) is 0 Å². The van der Waals surface area contributed by atoms with Crippen LogP contribution in [0.3, 0.4) is 0 Å². The van der Waals surface area contributed by atoms with Crippen molar-refractivity contribution in [3.63, 3.8) is 0 Å². The average molecular weight is 321 g/mol. The summed E-state index contributed by atoms with van der Waals surface area (Å²) in [5, 5.41) is -0.195. The van der Waals surface area contributed by atoms with E-state index >= 15 is 0 Å². The first-order valence-corrected chi connectivity index (χ1v) is 10.4. The number of ether oxygens (including phenoxy) is 1. The lowest BCUT2D eigenvalue weighted by Crippen LogP contribution is -2.37. The minimum absolute atomic E-state index is 0.129. The molecule has 0 radical (unpaired) electrons. The SMILES string of the molecule is C=[P+](C)C(CCl)(CC=PC)C1=NC(C(C)(C)C)CO1. The van der Waals surface area contributed by atoms with Crippen LogP contribution in [-0.2, 0) is 4.74 Å². The van der Waals surface area contributed by atoms with Gasteiger partial charge in [-0.25, -0.2) is 4.99 Å². The molecule has 1 rings (SSSR count). The van der Waals surface area contributed by atoms with Gasteiger partial charge in [0, 0.05) is 6.42 Å². The van der Waals surface area contributed by atoms with Crippen molar-refractivity contribution in [2.45, 2.75) is 38.4 Å². The fourth-order valence-electron chi connectivity index (χ4n) is 1.93. The van der Waals surface area contributed by atoms with E-state index in [9.17, 15) is 0 Å². The van der Waals surface area contributed by atoms with E-state index in [-0.39, 0.29) is 16.6 Å². The Morgan fingerprint density at radius 2 is 2.21 bits per heavy atom. The summed E-state index contributed by atoms with van der Waals surface area (Å²) in [4.78, 5) is 4.84. The van der Waals surface area contributed by atoms with Crippen molar-refractivity contribution in [2.24, 2.45) is 10.4 Å². The Hall–Kier alpha value is 0.1000. The van der Waals surface area contributed by atoms with Gasteiger partial charge in [0.05, 0.1) is 24.9 Å². The van der Waals surface area contributed by atoms with Crippen molar-refractivity contribution in [3.05, 3.63) is 0 Å². The molecule has 0 saturated heterocycles. The van der Waals surface area contributed by atoms with Gasteiger partial charge in [-0.1, -0.05) is 26.6 Å². The number of aliphatic imine (C=N–C) groups is 1. The van der Waals surface area contributed by atoms with Gasteiger partial charge < -0.3 is 4.74 Å². The highest BCUT2D eigenvalue weighted by molar-refractivity contribution is 7.58. The Balaban J connectivity index is 3.10. The molecule has 1 aliphatic rings. The topological polar surface area (TPSA) is 21.6 Å². The Morgan fingerprint density at radius 3 is 2.58 bits per heavy atom. The summed E-state index contributed by atoms with van der Waals surface area (Å²) < 4.78 is 5.93. The monoisotopic (exact) mass is 320 g/mol. The molecule has 0 aromatic rings. The summed E-state index contributed by atoms with van der Waals surface area (Å²) in [7, 11) is 0.765. The summed E-state index contributed by atoms with van der Waals surface area (Å²) in [6, 6.07) is 0.221. The van der Waals surface area contributed by atoms with Crippen LogP contribution in [0.25, 0.3) is 0 Å². The van der Waals surface area contributed by atoms with Crippen molar-refractivity contribution in [1.82, 2.24) is 0 Å². The highest BCUT2D eigenvalue weighted by Gasteiger charge is 2.49. The van der Waals surface area contributed by atoms with E-state index in [0.717, 1.165) is 12.3 Å². The molecule has 0 spiro atoms. The zero-order valence-corrected chi connectivity index (χ0v) is 15.2. The molecule has 1 aliphatic heterocycles. The standard InChI is InChI=1S/C14H25ClNOP2/c1-13(2,3)11-9-17-12(16-11)14(10-15,19(5)6)7-8-18-4/h8,11H,5,7,9-10H2,1-4,6H3/q+1. The van der Waals surface area contributed by atoms with Crippen LogP contribution in [0.4, 0.5) is 0 Å². The minimum Gasteiger partial charge on any atom is -0.475 e. The van der Waals surface area contributed by atoms with E-state index in [0.29, 0.717) is 12.5 Å². The quantitative estimate of drug-likeness (QED) is 0.551. The van der Waals surface area contributed by atoms with Crippen LogP contribution in [-0.4, -0.2) is 55.0 Å². The van der Waals surface area contributed by atoms with Gasteiger partial charge in [-0.3, -0.25) is 0 Å². The summed E-state index contributed by atoms with van der Waals surface area (Å²) in [6.07, 6.45) is 5.16. The van der Waals surface area contributed by atoms with Crippen LogP contribution in [0.15, 0.2) is 4.99 Å². The second kappa shape index (κ2) is 6.70. The lowest BCUT2D eigenvalue weighted by atomic mass is 9.88. The first-order valence-electron chi connectivity index (χ1n) is 6.50. The maximum atomic E-state index is 6.29. The molecule has 108 valence electrons. The number of hydrogen-bond acceptors (Lipinski definition) is 2. The third-order valence-electron chi connectivity index (χ3n) is 3.61. The van der Waals surface area contributed by atoms with Crippen LogP contribution >= 0.6 is 27.4 Å². The van der Waals surface area contributed by atoms with Gasteiger partial charge >= 0.3 is 0 Å². The zero-order valence-electron chi connectivity index (χ0n) is 12.6. The van der Waals surface area contributed by atoms with E-state index in [1.54, 1.807) is 0 Å². The van der Waals surface area contributed by atoms with Crippen LogP contribution in [0.2, 0.25) is 0 Å². The molecular formula is C14H25ClNOP2+. The van der Waals surface area contributed by atoms with E-state index in [1.807, 2.05) is 0 Å². The van der Waals surface area contributed by atoms with Crippen molar-refractivity contribution in [1.29, 1.82) is 0 Å². The highest BCUT2D eigenvalue weighted by atomic mass is 35.5. The van der Waals surface area contributed by atoms with Crippen molar-refractivity contribution < 1.29 is 4.74 Å². The van der Waals surface area contributed by atoms with E-state index in [1.165, 1.54) is 8.20 Å². The van der Waals surface area contributed by atoms with E-state index < -0.39 is 7.55 Å². The number of alkyl halides is 1. The number of hydrogen-bond donors (Lipinski definition) is 0. The second-order valence-corrected chi connectivity index (χ2v) is 9.54. The fraction of sp³-hybridized carbons (Fsp3) is 0.786. The molecule has 1 heterocycles. The molecule has 0 aliphatic carbocycles. The smallest absolute Gasteiger partial charge is 0.238 e. The van der Waals surface area contributed by atoms with E-state index in [2.05, 4.69) is 46.2 Å². The normalized spacial score (nSPS) is 24.0. The zero-order chi connectivity index (χ0) is 14.7. The number of halogens is 1. The van der Waals surface area contributed by atoms with Gasteiger partial charge in [0.2, 0.25) is 11.1 Å². The lowest BCUT2D eigenvalue weighted by molar-refractivity contribution is 0.231. The predicted octanol–water partition coefficient (Wildman–Crippen LogP) is 4.12. The molecule has 0 bridgehead atoms. The first-order chi connectivity index (χ1) is 8.78. The Kier molecular flexibility index (Phi) is 6.05. The highest BCUT2D eigenvalue weighted by Crippen LogP contribution is 2.43. The molecule has 0 saturated carbocycles. The lowest BCUT2D eigenvalue weighted by Gasteiger charge is -2.22. The van der Waals surface area contributed by atoms with E-state index in [4.69, 9.17) is 21.3 Å². The molecule has 19 heavy (non-hydrogen) atoms. The average Bonchev–Trinajstić information content (AvgIpc) is 2.80. The fourth-order valence-corrected chi connectivity index (χ4v) is 4.46. The Morgan fingerprint density at radius 1 is 1.58 bits per heavy atom. The van der Waals surface area contributed by atoms with Crippen LogP contribution < -0.4 is 0 Å². The van der Waals surface area contributed by atoms with Crippen molar-refractivity contribution >= 4 is 45.3 Å². The molecular weight excluding hydrogens is 296 g/mol. The molecule has 0 amide bonds. The van der Waals surface area contributed by atoms with Gasteiger partial charge in [0.15, 0.2) is 0 Å². The van der Waals surface area contributed by atoms with Crippen LogP contribution in [0, 0.1) is 5.41 Å². The molecule has 0 N–H and O–H groups in total. The summed E-state index contributed by atoms with van der Waals surface area (Å²) in [6.45, 7) is 11.6. The number of nitrogens with zero attached hydrogens (tertiary/aromatic N) is 1. The van der Waals surface area contributed by atoms with Gasteiger partial charge in [-0.05, 0) is 12.1 Å². The maximum absolute atomic E-state index is 6.29. The van der Waals surface area contributed by atoms with Crippen molar-refractivity contribution in [3.8, 4) is 0 Å². The summed E-state index contributed by atoms with van der Waals surface area (Å²) in [5.41, 5.74) is 0.129. The molecule has 0 aromatic heterocycles. The van der Waals surface area contributed by atoms with Crippen molar-refractivity contribution in [2.75, 3.05) is 25.8 Å².